The van der Waals surface area contributed by atoms with E-state index in [1.807, 2.05) is 0 Å². The monoisotopic (exact) mass is 331 g/mol. The molecule has 9 nitrogen and oxygen atoms in total. The summed E-state index contributed by atoms with van der Waals surface area (Å²) in [5.74, 6) is 10.2. The molecule has 0 aliphatic carbocycles. The van der Waals surface area contributed by atoms with Crippen molar-refractivity contribution in [3.05, 3.63) is 17.2 Å². The van der Waals surface area contributed by atoms with Crippen molar-refractivity contribution in [2.45, 2.75) is 9.79 Å². The smallest absolute Gasteiger partial charge is 0.230 e. The summed E-state index contributed by atoms with van der Waals surface area (Å²) < 4.78 is 0. The minimum absolute atomic E-state index is 0.0211. The van der Waals surface area contributed by atoms with Gasteiger partial charge in [-0.25, -0.2) is 11.1 Å². The summed E-state index contributed by atoms with van der Waals surface area (Å²) >= 11 is 8.03. The summed E-state index contributed by atoms with van der Waals surface area (Å²) in [6, 6.07) is 3.24. The van der Waals surface area contributed by atoms with E-state index in [9.17, 15) is 0 Å². The summed E-state index contributed by atoms with van der Waals surface area (Å²) in [6.07, 6.45) is 0. The third kappa shape index (κ3) is 4.08. The minimum Gasteiger partial charge on any atom is -0.397 e. The Morgan fingerprint density at radius 1 is 1.05 bits per heavy atom. The van der Waals surface area contributed by atoms with Crippen molar-refractivity contribution in [3.8, 4) is 0 Å². The highest BCUT2D eigenvalue weighted by Gasteiger charge is 2.12. The maximum atomic E-state index is 6.90. The maximum absolute atomic E-state index is 6.90. The van der Waals surface area contributed by atoms with E-state index in [-0.39, 0.29) is 10.3 Å². The second-order valence-corrected chi connectivity index (χ2v) is 5.52. The number of hydrogen-bond acceptors (Lipinski definition) is 9. The number of nitrogens with one attached hydrogen (secondary N) is 2. The van der Waals surface area contributed by atoms with Gasteiger partial charge in [-0.3, -0.25) is 0 Å². The van der Waals surface area contributed by atoms with Gasteiger partial charge in [0.05, 0.1) is 10.7 Å². The first-order valence-electron chi connectivity index (χ1n) is 4.81. The zero-order valence-corrected chi connectivity index (χ0v) is 12.3. The van der Waals surface area contributed by atoms with Crippen molar-refractivity contribution in [3.63, 3.8) is 0 Å². The van der Waals surface area contributed by atoms with Crippen LogP contribution in [-0.2, 0) is 0 Å². The van der Waals surface area contributed by atoms with Crippen LogP contribution in [0, 0.1) is 11.1 Å². The molecule has 0 radical (unpaired) electrons. The first-order chi connectivity index (χ1) is 9.55. The Kier molecular flexibility index (Phi) is 6.21. The van der Waals surface area contributed by atoms with E-state index in [2.05, 4.69) is 20.4 Å². The maximum Gasteiger partial charge on any atom is 0.230 e. The van der Waals surface area contributed by atoms with Gasteiger partial charge in [-0.15, -0.1) is 10.2 Å². The predicted octanol–water partition coefficient (Wildman–Crippen LogP) is 2.63. The summed E-state index contributed by atoms with van der Waals surface area (Å²) in [4.78, 5) is 1.13. The molecule has 20 heavy (non-hydrogen) atoms. The van der Waals surface area contributed by atoms with Gasteiger partial charge in [0, 0.05) is 9.79 Å². The minimum atomic E-state index is 0.0211. The first-order valence-corrected chi connectivity index (χ1v) is 6.82. The molecule has 8 N–H and O–H groups in total. The molecule has 1 rings (SSSR count). The van der Waals surface area contributed by atoms with E-state index in [4.69, 9.17) is 40.1 Å². The largest absolute Gasteiger partial charge is 0.397 e. The zero-order valence-electron chi connectivity index (χ0n) is 9.87. The molecular formula is C8H10ClN9S2. The Bertz CT molecular complexity index is 586. The predicted molar refractivity (Wildman–Crippen MR) is 81.1 cm³/mol. The van der Waals surface area contributed by atoms with Crippen molar-refractivity contribution in [2.75, 3.05) is 5.73 Å². The topological polar surface area (TPSA) is 175 Å². The summed E-state index contributed by atoms with van der Waals surface area (Å²) in [5.41, 5.74) is 19.9. The van der Waals surface area contributed by atoms with Crippen LogP contribution in [0.25, 0.3) is 0 Å². The van der Waals surface area contributed by atoms with E-state index in [1.54, 1.807) is 12.1 Å². The van der Waals surface area contributed by atoms with E-state index >= 15 is 0 Å². The van der Waals surface area contributed by atoms with Crippen LogP contribution < -0.4 is 17.4 Å². The lowest BCUT2D eigenvalue weighted by atomic mass is 10.3. The molecule has 0 saturated heterocycles. The number of hydrazone groups is 2. The van der Waals surface area contributed by atoms with Gasteiger partial charge in [0.2, 0.25) is 10.3 Å². The standard InChI is InChI=1S/C8H10ClN9S2/c9-4-1-3(19-7(15-11)16-12)2-5(6(4)10)20-8(17-13)18-14/h1-2,11,13H,10,12,14H2. The van der Waals surface area contributed by atoms with Gasteiger partial charge in [0.25, 0.3) is 0 Å². The fraction of sp³-hybridized carbons (Fsp3) is 0. The van der Waals surface area contributed by atoms with Crippen LogP contribution in [0.4, 0.5) is 5.69 Å². The van der Waals surface area contributed by atoms with Crippen LogP contribution in [0.5, 0.6) is 0 Å². The van der Waals surface area contributed by atoms with Crippen molar-refractivity contribution < 1.29 is 0 Å². The summed E-state index contributed by atoms with van der Waals surface area (Å²) in [5, 5.41) is 13.3. The van der Waals surface area contributed by atoms with Gasteiger partial charge < -0.3 is 17.4 Å². The number of thioether (sulfide) groups is 2. The van der Waals surface area contributed by atoms with Crippen LogP contribution in [0.3, 0.4) is 0 Å². The number of nitrogen functional groups attached to an aromatic ring is 1. The Morgan fingerprint density at radius 3 is 2.10 bits per heavy atom. The fourth-order valence-corrected chi connectivity index (χ4v) is 2.85. The number of nitrogens with two attached hydrogens (primary N) is 3. The molecule has 0 amide bonds. The molecule has 0 aliphatic rings. The molecule has 0 aromatic heterocycles. The zero-order chi connectivity index (χ0) is 15.1. The van der Waals surface area contributed by atoms with Gasteiger partial charge >= 0.3 is 0 Å². The van der Waals surface area contributed by atoms with Crippen molar-refractivity contribution >= 4 is 51.1 Å². The van der Waals surface area contributed by atoms with Gasteiger partial charge in [0.15, 0.2) is 0 Å². The Labute approximate surface area is 127 Å². The lowest BCUT2D eigenvalue weighted by Gasteiger charge is -2.08. The molecule has 0 spiro atoms. The van der Waals surface area contributed by atoms with Crippen LogP contribution in [0.15, 0.2) is 42.4 Å². The average Bonchev–Trinajstić information content (AvgIpc) is 2.46. The Balaban J connectivity index is 3.15. The Morgan fingerprint density at radius 2 is 1.60 bits per heavy atom. The SMILES string of the molecule is N=NC(=NN)Sc1cc(Cl)c(N)c(SC(N=N)=NN)c1. The van der Waals surface area contributed by atoms with Crippen LogP contribution in [-0.4, -0.2) is 10.3 Å². The molecule has 1 aromatic carbocycles. The molecular weight excluding hydrogens is 322 g/mol. The molecule has 0 aliphatic heterocycles. The summed E-state index contributed by atoms with van der Waals surface area (Å²) in [6.45, 7) is 0. The number of anilines is 1. The van der Waals surface area contributed by atoms with Gasteiger partial charge in [0.1, 0.15) is 0 Å². The highest BCUT2D eigenvalue weighted by molar-refractivity contribution is 8.14. The highest BCUT2D eigenvalue weighted by atomic mass is 35.5. The van der Waals surface area contributed by atoms with Crippen LogP contribution in [0.1, 0.15) is 0 Å². The molecule has 106 valence electrons. The quantitative estimate of drug-likeness (QED) is 0.106. The van der Waals surface area contributed by atoms with Crippen LogP contribution in [0.2, 0.25) is 5.02 Å². The third-order valence-electron chi connectivity index (χ3n) is 1.89. The lowest BCUT2D eigenvalue weighted by Crippen LogP contribution is -1.97. The van der Waals surface area contributed by atoms with Crippen LogP contribution >= 0.6 is 35.1 Å². The van der Waals surface area contributed by atoms with Crippen molar-refractivity contribution in [1.29, 1.82) is 11.1 Å². The van der Waals surface area contributed by atoms with E-state index < -0.39 is 0 Å². The lowest BCUT2D eigenvalue weighted by molar-refractivity contribution is 1.16. The molecule has 12 heteroatoms. The van der Waals surface area contributed by atoms with E-state index in [0.717, 1.165) is 23.5 Å². The molecule has 0 heterocycles. The van der Waals surface area contributed by atoms with Crippen molar-refractivity contribution in [1.82, 2.24) is 0 Å². The molecule has 0 atom stereocenters. The highest BCUT2D eigenvalue weighted by Crippen LogP contribution is 2.37. The Hall–Kier alpha value is -1.85. The number of rotatable bonds is 2. The molecule has 0 saturated carbocycles. The summed E-state index contributed by atoms with van der Waals surface area (Å²) in [7, 11) is 0. The number of hydrogen-bond donors (Lipinski definition) is 5. The normalized spacial score (nSPS) is 12.2. The first kappa shape index (κ1) is 16.2. The van der Waals surface area contributed by atoms with Gasteiger partial charge in [-0.2, -0.15) is 10.2 Å². The molecule has 0 fully saturated rings. The van der Waals surface area contributed by atoms with E-state index in [0.29, 0.717) is 20.5 Å². The number of amidine groups is 2. The average molecular weight is 332 g/mol. The molecule has 0 bridgehead atoms. The van der Waals surface area contributed by atoms with Crippen molar-refractivity contribution in [2.24, 2.45) is 32.1 Å². The van der Waals surface area contributed by atoms with E-state index in [1.165, 1.54) is 0 Å². The number of halogens is 1. The third-order valence-corrected chi connectivity index (χ3v) is 3.99. The second-order valence-electron chi connectivity index (χ2n) is 3.07. The fourth-order valence-electron chi connectivity index (χ4n) is 1.07. The number of benzene rings is 1. The molecule has 1 aromatic rings. The van der Waals surface area contributed by atoms with Gasteiger partial charge in [-0.05, 0) is 35.7 Å². The van der Waals surface area contributed by atoms with Gasteiger partial charge in [-0.1, -0.05) is 11.6 Å². The molecule has 0 unspecified atom stereocenters. The second kappa shape index (κ2) is 7.67. The number of nitrogens with zero attached hydrogens (tertiary/aromatic N) is 4.